The summed E-state index contributed by atoms with van der Waals surface area (Å²) in [5, 5.41) is 3.08. The third-order valence-electron chi connectivity index (χ3n) is 3.16. The van der Waals surface area contributed by atoms with Crippen LogP contribution in [0.5, 0.6) is 0 Å². The molecular weight excluding hydrogens is 252 g/mol. The molecule has 0 aromatic carbocycles. The van der Waals surface area contributed by atoms with Gasteiger partial charge >= 0.3 is 0 Å². The Morgan fingerprint density at radius 2 is 2.11 bits per heavy atom. The third-order valence-corrected chi connectivity index (χ3v) is 5.04. The highest BCUT2D eigenvalue weighted by Gasteiger charge is 2.31. The van der Waals surface area contributed by atoms with Crippen LogP contribution in [-0.2, 0) is 14.8 Å². The highest BCUT2D eigenvalue weighted by Crippen LogP contribution is 2.20. The van der Waals surface area contributed by atoms with Crippen molar-refractivity contribution in [1.29, 1.82) is 0 Å². The molecule has 6 heteroatoms. The molecule has 1 atom stereocenters. The summed E-state index contributed by atoms with van der Waals surface area (Å²) < 4.78 is 31.5. The van der Waals surface area contributed by atoms with E-state index in [1.54, 1.807) is 4.31 Å². The Labute approximate surface area is 111 Å². The Morgan fingerprint density at radius 3 is 2.72 bits per heavy atom. The Hall–Kier alpha value is -0.170. The molecule has 18 heavy (non-hydrogen) atoms. The molecule has 1 heterocycles. The molecular formula is C12H26N2O3S. The Morgan fingerprint density at radius 1 is 1.39 bits per heavy atom. The smallest absolute Gasteiger partial charge is 0.216 e. The van der Waals surface area contributed by atoms with Gasteiger partial charge in [-0.25, -0.2) is 8.42 Å². The standard InChI is InChI=1S/C12H26N2O3S/c1-11(2)17-8-9-18(15,16)14-7-5-4-6-12(14)10-13-3/h11-13H,4-10H2,1-3H3. The van der Waals surface area contributed by atoms with Crippen LogP contribution in [0.3, 0.4) is 0 Å². The number of hydrogen-bond donors (Lipinski definition) is 1. The van der Waals surface area contributed by atoms with E-state index in [2.05, 4.69) is 5.32 Å². The van der Waals surface area contributed by atoms with E-state index in [9.17, 15) is 8.42 Å². The predicted octanol–water partition coefficient (Wildman–Crippen LogP) is 0.815. The largest absolute Gasteiger partial charge is 0.378 e. The summed E-state index contributed by atoms with van der Waals surface area (Å²) in [4.78, 5) is 0. The topological polar surface area (TPSA) is 58.6 Å². The maximum Gasteiger partial charge on any atom is 0.216 e. The fourth-order valence-electron chi connectivity index (χ4n) is 2.29. The molecule has 1 aliphatic heterocycles. The van der Waals surface area contributed by atoms with Gasteiger partial charge in [0.2, 0.25) is 10.0 Å². The Balaban J connectivity index is 2.57. The lowest BCUT2D eigenvalue weighted by atomic mass is 10.1. The van der Waals surface area contributed by atoms with E-state index in [0.717, 1.165) is 25.8 Å². The van der Waals surface area contributed by atoms with Gasteiger partial charge in [-0.1, -0.05) is 6.42 Å². The summed E-state index contributed by atoms with van der Waals surface area (Å²) in [5.41, 5.74) is 0. The summed E-state index contributed by atoms with van der Waals surface area (Å²) in [6.45, 7) is 5.48. The summed E-state index contributed by atoms with van der Waals surface area (Å²) in [6, 6.07) is 0.104. The first-order valence-electron chi connectivity index (χ1n) is 6.73. The van der Waals surface area contributed by atoms with E-state index >= 15 is 0 Å². The van der Waals surface area contributed by atoms with Crippen LogP contribution in [0.15, 0.2) is 0 Å². The molecule has 0 amide bonds. The quantitative estimate of drug-likeness (QED) is 0.749. The van der Waals surface area contributed by atoms with Crippen molar-refractivity contribution in [2.75, 3.05) is 32.5 Å². The lowest BCUT2D eigenvalue weighted by Crippen LogP contribution is -2.49. The normalized spacial score (nSPS) is 22.6. The van der Waals surface area contributed by atoms with Crippen molar-refractivity contribution < 1.29 is 13.2 Å². The summed E-state index contributed by atoms with van der Waals surface area (Å²) in [7, 11) is -1.32. The lowest BCUT2D eigenvalue weighted by Gasteiger charge is -2.34. The summed E-state index contributed by atoms with van der Waals surface area (Å²) in [6.07, 6.45) is 3.10. The molecule has 5 nitrogen and oxygen atoms in total. The van der Waals surface area contributed by atoms with Gasteiger partial charge in [0.25, 0.3) is 0 Å². The number of rotatable bonds is 7. The van der Waals surface area contributed by atoms with Gasteiger partial charge in [-0.15, -0.1) is 0 Å². The van der Waals surface area contributed by atoms with Crippen LogP contribution < -0.4 is 5.32 Å². The number of likely N-dealkylation sites (N-methyl/N-ethyl adjacent to an activating group) is 1. The SMILES string of the molecule is CNCC1CCCCN1S(=O)(=O)CCOC(C)C. The molecule has 0 saturated carbocycles. The Kier molecular flexibility index (Phi) is 6.55. The van der Waals surface area contributed by atoms with Gasteiger partial charge < -0.3 is 10.1 Å². The molecule has 0 aromatic rings. The highest BCUT2D eigenvalue weighted by molar-refractivity contribution is 7.89. The van der Waals surface area contributed by atoms with Crippen molar-refractivity contribution in [3.8, 4) is 0 Å². The van der Waals surface area contributed by atoms with Crippen molar-refractivity contribution >= 4 is 10.0 Å². The average Bonchev–Trinajstić information content (AvgIpc) is 2.29. The van der Waals surface area contributed by atoms with E-state index in [4.69, 9.17) is 4.74 Å². The minimum Gasteiger partial charge on any atom is -0.378 e. The van der Waals surface area contributed by atoms with Crippen molar-refractivity contribution in [3.63, 3.8) is 0 Å². The number of sulfonamides is 1. The molecule has 0 bridgehead atoms. The van der Waals surface area contributed by atoms with E-state index in [0.29, 0.717) is 6.54 Å². The molecule has 1 saturated heterocycles. The fraction of sp³-hybridized carbons (Fsp3) is 1.00. The van der Waals surface area contributed by atoms with Gasteiger partial charge in [0.15, 0.2) is 0 Å². The molecule has 0 spiro atoms. The van der Waals surface area contributed by atoms with Crippen LogP contribution >= 0.6 is 0 Å². The van der Waals surface area contributed by atoms with Crippen molar-refractivity contribution in [1.82, 2.24) is 9.62 Å². The molecule has 1 aliphatic rings. The van der Waals surface area contributed by atoms with E-state index in [1.807, 2.05) is 20.9 Å². The van der Waals surface area contributed by atoms with Gasteiger partial charge in [-0.05, 0) is 33.7 Å². The second-order valence-electron chi connectivity index (χ2n) is 5.05. The maximum atomic E-state index is 12.3. The van der Waals surface area contributed by atoms with Crippen LogP contribution in [0.25, 0.3) is 0 Å². The number of nitrogens with one attached hydrogen (secondary N) is 1. The van der Waals surface area contributed by atoms with Gasteiger partial charge in [-0.3, -0.25) is 0 Å². The molecule has 1 rings (SSSR count). The van der Waals surface area contributed by atoms with Crippen molar-refractivity contribution in [3.05, 3.63) is 0 Å². The highest BCUT2D eigenvalue weighted by atomic mass is 32.2. The number of ether oxygens (including phenoxy) is 1. The minimum absolute atomic E-state index is 0.0784. The first-order chi connectivity index (χ1) is 8.47. The lowest BCUT2D eigenvalue weighted by molar-refractivity contribution is 0.0902. The van der Waals surface area contributed by atoms with Crippen LogP contribution in [0.1, 0.15) is 33.1 Å². The van der Waals surface area contributed by atoms with Crippen molar-refractivity contribution in [2.45, 2.75) is 45.3 Å². The molecule has 0 aromatic heterocycles. The van der Waals surface area contributed by atoms with Gasteiger partial charge in [0.05, 0.1) is 18.5 Å². The second-order valence-corrected chi connectivity index (χ2v) is 7.09. The zero-order chi connectivity index (χ0) is 13.6. The fourth-order valence-corrected chi connectivity index (χ4v) is 3.87. The minimum atomic E-state index is -3.18. The van der Waals surface area contributed by atoms with Crippen molar-refractivity contribution in [2.24, 2.45) is 0 Å². The first-order valence-corrected chi connectivity index (χ1v) is 8.34. The summed E-state index contributed by atoms with van der Waals surface area (Å²) >= 11 is 0. The molecule has 0 aliphatic carbocycles. The molecule has 1 fully saturated rings. The van der Waals surface area contributed by atoms with E-state index in [-0.39, 0.29) is 24.5 Å². The summed E-state index contributed by atoms with van der Waals surface area (Å²) in [5.74, 6) is 0.0887. The number of hydrogen-bond acceptors (Lipinski definition) is 4. The van der Waals surface area contributed by atoms with Gasteiger partial charge in [-0.2, -0.15) is 4.31 Å². The number of nitrogens with zero attached hydrogens (tertiary/aromatic N) is 1. The monoisotopic (exact) mass is 278 g/mol. The predicted molar refractivity (Wildman–Crippen MR) is 73.1 cm³/mol. The zero-order valence-corrected chi connectivity index (χ0v) is 12.5. The number of piperidine rings is 1. The molecule has 1 unspecified atom stereocenters. The maximum absolute atomic E-state index is 12.3. The van der Waals surface area contributed by atoms with Crippen LogP contribution in [0.4, 0.5) is 0 Å². The van der Waals surface area contributed by atoms with Gasteiger partial charge in [0, 0.05) is 19.1 Å². The molecule has 108 valence electrons. The van der Waals surface area contributed by atoms with Crippen LogP contribution in [0, 0.1) is 0 Å². The molecule has 0 radical (unpaired) electrons. The molecule has 1 N–H and O–H groups in total. The second kappa shape index (κ2) is 7.43. The van der Waals surface area contributed by atoms with Gasteiger partial charge in [0.1, 0.15) is 0 Å². The van der Waals surface area contributed by atoms with E-state index < -0.39 is 10.0 Å². The van der Waals surface area contributed by atoms with Crippen LogP contribution in [0.2, 0.25) is 0 Å². The average molecular weight is 278 g/mol. The Bertz CT molecular complexity index is 328. The first kappa shape index (κ1) is 15.9. The van der Waals surface area contributed by atoms with E-state index in [1.165, 1.54) is 0 Å². The zero-order valence-electron chi connectivity index (χ0n) is 11.7. The third kappa shape index (κ3) is 4.84. The van der Waals surface area contributed by atoms with Crippen LogP contribution in [-0.4, -0.2) is 57.4 Å².